The highest BCUT2D eigenvalue weighted by Crippen LogP contribution is 2.35. The first-order chi connectivity index (χ1) is 21.5. The Balaban J connectivity index is 1.60. The summed E-state index contributed by atoms with van der Waals surface area (Å²) >= 11 is 0. The molecule has 2 heteroatoms. The first-order valence-corrected chi connectivity index (χ1v) is 15.7. The standard InChI is InChI=1S/C42H40N2/c1-31(2)25-39-28-34(15-9-23-43)17-21-41(39)37-20-22-42(40(30-37)27-33-13-7-4-8-14-33)36-19-18-35(16-10-24-44)38(29-36)26-32-11-5-3-6-12-32/h3-8,11-14,17-22,28-31H,9-10,15-16,25-27H2,1-2H3. The van der Waals surface area contributed by atoms with E-state index in [2.05, 4.69) is 141 Å². The minimum Gasteiger partial charge on any atom is -0.198 e. The summed E-state index contributed by atoms with van der Waals surface area (Å²) in [6.07, 6.45) is 5.29. The van der Waals surface area contributed by atoms with Crippen LogP contribution in [-0.2, 0) is 32.1 Å². The highest BCUT2D eigenvalue weighted by molar-refractivity contribution is 5.76. The van der Waals surface area contributed by atoms with Crippen molar-refractivity contribution in [2.75, 3.05) is 0 Å². The van der Waals surface area contributed by atoms with Crippen molar-refractivity contribution in [1.82, 2.24) is 0 Å². The van der Waals surface area contributed by atoms with E-state index >= 15 is 0 Å². The zero-order valence-electron chi connectivity index (χ0n) is 25.9. The van der Waals surface area contributed by atoms with Crippen molar-refractivity contribution < 1.29 is 0 Å². The summed E-state index contributed by atoms with van der Waals surface area (Å²) in [6.45, 7) is 4.53. The molecule has 0 radical (unpaired) electrons. The lowest BCUT2D eigenvalue weighted by atomic mass is 9.86. The molecule has 0 unspecified atom stereocenters. The predicted molar refractivity (Wildman–Crippen MR) is 182 cm³/mol. The highest BCUT2D eigenvalue weighted by Gasteiger charge is 2.15. The van der Waals surface area contributed by atoms with E-state index in [9.17, 15) is 5.26 Å². The van der Waals surface area contributed by atoms with Crippen LogP contribution in [0.3, 0.4) is 0 Å². The first-order valence-electron chi connectivity index (χ1n) is 15.7. The fourth-order valence-electron chi connectivity index (χ4n) is 6.11. The zero-order chi connectivity index (χ0) is 30.7. The summed E-state index contributed by atoms with van der Waals surface area (Å²) in [4.78, 5) is 0. The summed E-state index contributed by atoms with van der Waals surface area (Å²) in [5, 5.41) is 18.4. The van der Waals surface area contributed by atoms with Crippen LogP contribution in [-0.4, -0.2) is 0 Å². The molecule has 0 heterocycles. The van der Waals surface area contributed by atoms with E-state index < -0.39 is 0 Å². The molecule has 5 aromatic carbocycles. The predicted octanol–water partition coefficient (Wildman–Crippen LogP) is 10.3. The molecule has 0 aromatic heterocycles. The quantitative estimate of drug-likeness (QED) is 0.149. The van der Waals surface area contributed by atoms with E-state index in [4.69, 9.17) is 5.26 Å². The van der Waals surface area contributed by atoms with Gasteiger partial charge in [0.1, 0.15) is 0 Å². The molecule has 2 nitrogen and oxygen atoms in total. The molecule has 0 N–H and O–H groups in total. The van der Waals surface area contributed by atoms with Gasteiger partial charge in [-0.2, -0.15) is 10.5 Å². The van der Waals surface area contributed by atoms with Crippen LogP contribution in [0.1, 0.15) is 65.6 Å². The third-order valence-electron chi connectivity index (χ3n) is 8.24. The maximum Gasteiger partial charge on any atom is 0.0625 e. The molecule has 0 amide bonds. The van der Waals surface area contributed by atoms with Gasteiger partial charge >= 0.3 is 0 Å². The molecular formula is C42H40N2. The maximum absolute atomic E-state index is 9.30. The summed E-state index contributed by atoms with van der Waals surface area (Å²) in [6, 6.07) is 46.4. The fourth-order valence-corrected chi connectivity index (χ4v) is 6.11. The van der Waals surface area contributed by atoms with Gasteiger partial charge in [0.2, 0.25) is 0 Å². The maximum atomic E-state index is 9.30. The lowest BCUT2D eigenvalue weighted by Gasteiger charge is -2.18. The van der Waals surface area contributed by atoms with Crippen molar-refractivity contribution in [2.24, 2.45) is 5.92 Å². The molecule has 0 spiro atoms. The van der Waals surface area contributed by atoms with Gasteiger partial charge in [0.25, 0.3) is 0 Å². The lowest BCUT2D eigenvalue weighted by Crippen LogP contribution is -2.01. The molecular weight excluding hydrogens is 532 g/mol. The monoisotopic (exact) mass is 572 g/mol. The van der Waals surface area contributed by atoms with Crippen LogP contribution in [0.15, 0.2) is 115 Å². The molecule has 0 saturated carbocycles. The number of nitriles is 2. The number of hydrogen-bond donors (Lipinski definition) is 0. The molecule has 0 aliphatic heterocycles. The third-order valence-corrected chi connectivity index (χ3v) is 8.24. The molecule has 0 aliphatic carbocycles. The Labute approximate surface area is 263 Å². The summed E-state index contributed by atoms with van der Waals surface area (Å²) in [5.41, 5.74) is 13.9. The van der Waals surface area contributed by atoms with E-state index in [1.54, 1.807) is 0 Å². The van der Waals surface area contributed by atoms with E-state index in [1.165, 1.54) is 61.2 Å². The normalized spacial score (nSPS) is 10.8. The van der Waals surface area contributed by atoms with Crippen molar-refractivity contribution in [3.63, 3.8) is 0 Å². The summed E-state index contributed by atoms with van der Waals surface area (Å²) < 4.78 is 0. The van der Waals surface area contributed by atoms with Gasteiger partial charge in [-0.1, -0.05) is 129 Å². The average Bonchev–Trinajstić information content (AvgIpc) is 3.04. The van der Waals surface area contributed by atoms with Crippen molar-refractivity contribution in [2.45, 2.75) is 58.8 Å². The topological polar surface area (TPSA) is 47.6 Å². The Morgan fingerprint density at radius 1 is 0.500 bits per heavy atom. The van der Waals surface area contributed by atoms with Gasteiger partial charge in [-0.3, -0.25) is 0 Å². The van der Waals surface area contributed by atoms with Crippen LogP contribution >= 0.6 is 0 Å². The largest absolute Gasteiger partial charge is 0.198 e. The number of aryl methyl sites for hydroxylation is 2. The minimum atomic E-state index is 0.517. The van der Waals surface area contributed by atoms with Crippen LogP contribution in [0.2, 0.25) is 0 Å². The van der Waals surface area contributed by atoms with Gasteiger partial charge in [-0.15, -0.1) is 0 Å². The molecule has 218 valence electrons. The van der Waals surface area contributed by atoms with Gasteiger partial charge < -0.3 is 0 Å². The summed E-state index contributed by atoms with van der Waals surface area (Å²) in [5.74, 6) is 0.533. The van der Waals surface area contributed by atoms with Crippen LogP contribution in [0.4, 0.5) is 0 Å². The fraction of sp³-hybridized carbons (Fsp3) is 0.238. The Hall–Kier alpha value is -4.92. The molecule has 0 atom stereocenters. The lowest BCUT2D eigenvalue weighted by molar-refractivity contribution is 0.647. The Morgan fingerprint density at radius 2 is 1.05 bits per heavy atom. The second-order valence-corrected chi connectivity index (χ2v) is 12.1. The molecule has 44 heavy (non-hydrogen) atoms. The smallest absolute Gasteiger partial charge is 0.0625 e. The Morgan fingerprint density at radius 3 is 1.68 bits per heavy atom. The molecule has 0 saturated heterocycles. The average molecular weight is 573 g/mol. The van der Waals surface area contributed by atoms with E-state index in [0.29, 0.717) is 18.8 Å². The van der Waals surface area contributed by atoms with Crippen LogP contribution in [0, 0.1) is 28.6 Å². The van der Waals surface area contributed by atoms with E-state index in [0.717, 1.165) is 32.1 Å². The molecule has 5 rings (SSSR count). The van der Waals surface area contributed by atoms with Crippen molar-refractivity contribution in [3.8, 4) is 34.4 Å². The van der Waals surface area contributed by atoms with Gasteiger partial charge in [-0.25, -0.2) is 0 Å². The van der Waals surface area contributed by atoms with Crippen LogP contribution in [0.5, 0.6) is 0 Å². The van der Waals surface area contributed by atoms with Gasteiger partial charge in [-0.05, 0) is 99.2 Å². The van der Waals surface area contributed by atoms with Gasteiger partial charge in [0.05, 0.1) is 12.1 Å². The molecule has 0 fully saturated rings. The van der Waals surface area contributed by atoms with Crippen LogP contribution in [0.25, 0.3) is 22.3 Å². The molecule has 5 aromatic rings. The zero-order valence-corrected chi connectivity index (χ0v) is 25.9. The minimum absolute atomic E-state index is 0.517. The van der Waals surface area contributed by atoms with E-state index in [-0.39, 0.29) is 0 Å². The highest BCUT2D eigenvalue weighted by atomic mass is 14.2. The molecule has 0 aliphatic rings. The van der Waals surface area contributed by atoms with Gasteiger partial charge in [0, 0.05) is 12.8 Å². The second kappa shape index (κ2) is 15.0. The SMILES string of the molecule is CC(C)Cc1cc(CCC#N)ccc1-c1ccc(-c2ccc(CCC#N)c(Cc3ccccc3)c2)c(Cc2ccccc2)c1. The number of nitrogens with zero attached hydrogens (tertiary/aromatic N) is 2. The second-order valence-electron chi connectivity index (χ2n) is 12.1. The number of hydrogen-bond acceptors (Lipinski definition) is 2. The third kappa shape index (κ3) is 7.92. The van der Waals surface area contributed by atoms with Crippen molar-refractivity contribution >= 4 is 0 Å². The Bertz CT molecular complexity index is 1770. The van der Waals surface area contributed by atoms with Crippen LogP contribution < -0.4 is 0 Å². The van der Waals surface area contributed by atoms with Crippen molar-refractivity contribution in [3.05, 3.63) is 154 Å². The molecule has 0 bridgehead atoms. The van der Waals surface area contributed by atoms with Crippen molar-refractivity contribution in [1.29, 1.82) is 10.5 Å². The van der Waals surface area contributed by atoms with Gasteiger partial charge in [0.15, 0.2) is 0 Å². The summed E-state index contributed by atoms with van der Waals surface area (Å²) in [7, 11) is 0. The number of benzene rings is 5. The Kier molecular flexibility index (Phi) is 10.4. The first kappa shape index (κ1) is 30.5. The number of rotatable bonds is 12. The van der Waals surface area contributed by atoms with E-state index in [1.807, 2.05) is 0 Å².